The van der Waals surface area contributed by atoms with E-state index in [4.69, 9.17) is 20.6 Å². The Labute approximate surface area is 101 Å². The number of para-hydroxylation sites is 1. The Morgan fingerprint density at radius 2 is 2.12 bits per heavy atom. The largest absolute Gasteiger partial charge is 0.495 e. The molecule has 17 heavy (non-hydrogen) atoms. The summed E-state index contributed by atoms with van der Waals surface area (Å²) in [4.78, 5) is 2.15. The van der Waals surface area contributed by atoms with E-state index in [1.165, 1.54) is 0 Å². The fraction of sp³-hybridized carbons (Fsp3) is 0.417. The number of nitrogens with two attached hydrogens (primary N) is 1. The van der Waals surface area contributed by atoms with Gasteiger partial charge >= 0.3 is 0 Å². The number of nitrogens with zero attached hydrogens (tertiary/aromatic N) is 1. The van der Waals surface area contributed by atoms with Gasteiger partial charge in [-0.25, -0.2) is 0 Å². The third-order valence-electron chi connectivity index (χ3n) is 2.84. The molecule has 0 atom stereocenters. The lowest BCUT2D eigenvalue weighted by Crippen LogP contribution is -2.37. The Morgan fingerprint density at radius 3 is 2.71 bits per heavy atom. The standard InChI is InChI=1S/C12H17N3O2/c1-16-10-4-2-3-9(12(13)14)11(10)15-5-7-17-8-6-15/h2-4H,5-8H2,1H3,(H3,13,14). The van der Waals surface area contributed by atoms with E-state index in [9.17, 15) is 0 Å². The number of nitrogen functional groups attached to an aromatic ring is 1. The molecule has 1 aromatic rings. The zero-order valence-electron chi connectivity index (χ0n) is 9.90. The van der Waals surface area contributed by atoms with Crippen molar-refractivity contribution in [3.8, 4) is 5.75 Å². The topological polar surface area (TPSA) is 71.6 Å². The van der Waals surface area contributed by atoms with Gasteiger partial charge in [0.1, 0.15) is 11.6 Å². The monoisotopic (exact) mass is 235 g/mol. The Hall–Kier alpha value is -1.75. The number of hydrogen-bond acceptors (Lipinski definition) is 4. The molecule has 0 saturated carbocycles. The number of amidine groups is 1. The minimum absolute atomic E-state index is 0.0605. The summed E-state index contributed by atoms with van der Waals surface area (Å²) in [6, 6.07) is 5.58. The van der Waals surface area contributed by atoms with Gasteiger partial charge in [-0.15, -0.1) is 0 Å². The lowest BCUT2D eigenvalue weighted by molar-refractivity contribution is 0.122. The number of benzene rings is 1. The van der Waals surface area contributed by atoms with Gasteiger partial charge in [-0.05, 0) is 12.1 Å². The van der Waals surface area contributed by atoms with E-state index in [-0.39, 0.29) is 5.84 Å². The molecule has 0 aliphatic carbocycles. The molecule has 3 N–H and O–H groups in total. The molecule has 0 bridgehead atoms. The van der Waals surface area contributed by atoms with Gasteiger partial charge in [0.05, 0.1) is 26.0 Å². The molecular formula is C12H17N3O2. The van der Waals surface area contributed by atoms with Crippen LogP contribution < -0.4 is 15.4 Å². The summed E-state index contributed by atoms with van der Waals surface area (Å²) in [6.45, 7) is 2.96. The molecule has 1 aromatic carbocycles. The van der Waals surface area contributed by atoms with Crippen LogP contribution in [-0.4, -0.2) is 39.2 Å². The Bertz CT molecular complexity index is 414. The Kier molecular flexibility index (Phi) is 3.49. The van der Waals surface area contributed by atoms with E-state index in [1.54, 1.807) is 7.11 Å². The maximum absolute atomic E-state index is 7.63. The zero-order valence-corrected chi connectivity index (χ0v) is 9.90. The van der Waals surface area contributed by atoms with Crippen LogP contribution in [0.5, 0.6) is 5.75 Å². The van der Waals surface area contributed by atoms with E-state index < -0.39 is 0 Å². The van der Waals surface area contributed by atoms with E-state index in [0.29, 0.717) is 18.8 Å². The lowest BCUT2D eigenvalue weighted by atomic mass is 10.1. The van der Waals surface area contributed by atoms with Crippen molar-refractivity contribution in [2.24, 2.45) is 5.73 Å². The van der Waals surface area contributed by atoms with E-state index in [0.717, 1.165) is 24.5 Å². The maximum Gasteiger partial charge on any atom is 0.142 e. The summed E-state index contributed by atoms with van der Waals surface area (Å²) in [6.07, 6.45) is 0. The van der Waals surface area contributed by atoms with Crippen molar-refractivity contribution in [1.82, 2.24) is 0 Å². The fourth-order valence-corrected chi connectivity index (χ4v) is 2.02. The molecule has 0 spiro atoms. The molecule has 0 unspecified atom stereocenters. The van der Waals surface area contributed by atoms with Crippen LogP contribution >= 0.6 is 0 Å². The summed E-state index contributed by atoms with van der Waals surface area (Å²) in [5.41, 5.74) is 7.22. The van der Waals surface area contributed by atoms with Crippen LogP contribution in [0.25, 0.3) is 0 Å². The van der Waals surface area contributed by atoms with Crippen molar-refractivity contribution >= 4 is 11.5 Å². The molecule has 1 aliphatic rings. The highest BCUT2D eigenvalue weighted by Gasteiger charge is 2.20. The lowest BCUT2D eigenvalue weighted by Gasteiger charge is -2.31. The van der Waals surface area contributed by atoms with Crippen LogP contribution in [0.3, 0.4) is 0 Å². The van der Waals surface area contributed by atoms with E-state index in [2.05, 4.69) is 4.90 Å². The van der Waals surface area contributed by atoms with Crippen molar-refractivity contribution in [2.75, 3.05) is 38.3 Å². The molecule has 1 saturated heterocycles. The fourth-order valence-electron chi connectivity index (χ4n) is 2.02. The van der Waals surface area contributed by atoms with Gasteiger partial charge in [0.2, 0.25) is 0 Å². The number of rotatable bonds is 3. The highest BCUT2D eigenvalue weighted by Crippen LogP contribution is 2.32. The molecular weight excluding hydrogens is 218 g/mol. The quantitative estimate of drug-likeness (QED) is 0.601. The van der Waals surface area contributed by atoms with E-state index in [1.807, 2.05) is 18.2 Å². The zero-order chi connectivity index (χ0) is 12.3. The molecule has 1 fully saturated rings. The minimum atomic E-state index is 0.0605. The van der Waals surface area contributed by atoms with E-state index >= 15 is 0 Å². The SMILES string of the molecule is COc1cccc(C(=N)N)c1N1CCOCC1. The van der Waals surface area contributed by atoms with Gasteiger partial charge in [-0.2, -0.15) is 0 Å². The second-order valence-corrected chi connectivity index (χ2v) is 3.87. The molecule has 5 heteroatoms. The molecule has 92 valence electrons. The van der Waals surface area contributed by atoms with Crippen LogP contribution in [0.15, 0.2) is 18.2 Å². The van der Waals surface area contributed by atoms with Crippen LogP contribution in [0.2, 0.25) is 0 Å². The van der Waals surface area contributed by atoms with Crippen molar-refractivity contribution in [3.63, 3.8) is 0 Å². The summed E-state index contributed by atoms with van der Waals surface area (Å²) in [5.74, 6) is 0.810. The van der Waals surface area contributed by atoms with Gasteiger partial charge in [-0.3, -0.25) is 5.41 Å². The molecule has 1 heterocycles. The van der Waals surface area contributed by atoms with Gasteiger partial charge in [0.15, 0.2) is 0 Å². The van der Waals surface area contributed by atoms with Crippen LogP contribution in [0, 0.1) is 5.41 Å². The molecule has 0 amide bonds. The van der Waals surface area contributed by atoms with Gasteiger partial charge < -0.3 is 20.1 Å². The summed E-state index contributed by atoms with van der Waals surface area (Å²) in [5, 5.41) is 7.63. The molecule has 0 radical (unpaired) electrons. The first-order chi connectivity index (χ1) is 8.24. The van der Waals surface area contributed by atoms with Crippen molar-refractivity contribution in [3.05, 3.63) is 23.8 Å². The molecule has 1 aliphatic heterocycles. The Balaban J connectivity index is 2.43. The van der Waals surface area contributed by atoms with Crippen LogP contribution in [0.1, 0.15) is 5.56 Å². The number of morpholine rings is 1. The third-order valence-corrected chi connectivity index (χ3v) is 2.84. The Morgan fingerprint density at radius 1 is 1.41 bits per heavy atom. The number of nitrogens with one attached hydrogen (secondary N) is 1. The smallest absolute Gasteiger partial charge is 0.142 e. The summed E-state index contributed by atoms with van der Waals surface area (Å²) < 4.78 is 10.7. The second kappa shape index (κ2) is 5.05. The number of anilines is 1. The van der Waals surface area contributed by atoms with Crippen LogP contribution in [0.4, 0.5) is 5.69 Å². The average molecular weight is 235 g/mol. The highest BCUT2D eigenvalue weighted by molar-refractivity contribution is 6.01. The predicted octanol–water partition coefficient (Wildman–Crippen LogP) is 0.816. The number of ether oxygens (including phenoxy) is 2. The van der Waals surface area contributed by atoms with Crippen LogP contribution in [-0.2, 0) is 4.74 Å². The predicted molar refractivity (Wildman–Crippen MR) is 67.0 cm³/mol. The summed E-state index contributed by atoms with van der Waals surface area (Å²) >= 11 is 0. The van der Waals surface area contributed by atoms with Crippen molar-refractivity contribution in [1.29, 1.82) is 5.41 Å². The van der Waals surface area contributed by atoms with Gasteiger partial charge in [0.25, 0.3) is 0 Å². The number of methoxy groups -OCH3 is 1. The minimum Gasteiger partial charge on any atom is -0.495 e. The van der Waals surface area contributed by atoms with Crippen molar-refractivity contribution in [2.45, 2.75) is 0 Å². The summed E-state index contributed by atoms with van der Waals surface area (Å²) in [7, 11) is 1.63. The van der Waals surface area contributed by atoms with Gasteiger partial charge in [-0.1, -0.05) is 6.07 Å². The molecule has 0 aromatic heterocycles. The highest BCUT2D eigenvalue weighted by atomic mass is 16.5. The first-order valence-corrected chi connectivity index (χ1v) is 5.58. The third kappa shape index (κ3) is 2.34. The maximum atomic E-state index is 7.63. The second-order valence-electron chi connectivity index (χ2n) is 3.87. The average Bonchev–Trinajstić information content (AvgIpc) is 2.38. The van der Waals surface area contributed by atoms with Crippen molar-refractivity contribution < 1.29 is 9.47 Å². The first-order valence-electron chi connectivity index (χ1n) is 5.58. The number of hydrogen-bond donors (Lipinski definition) is 2. The van der Waals surface area contributed by atoms with Gasteiger partial charge in [0, 0.05) is 18.7 Å². The first kappa shape index (κ1) is 11.7. The molecule has 2 rings (SSSR count). The molecule has 5 nitrogen and oxygen atoms in total. The normalized spacial score (nSPS) is 15.7.